The van der Waals surface area contributed by atoms with Crippen molar-refractivity contribution in [2.75, 3.05) is 0 Å². The Kier molecular flexibility index (Phi) is 5.94. The predicted octanol–water partition coefficient (Wildman–Crippen LogP) is 0.449. The molecule has 0 aliphatic rings. The van der Waals surface area contributed by atoms with E-state index in [1.165, 1.54) is 0 Å². The van der Waals surface area contributed by atoms with Gasteiger partial charge >= 0.3 is 18.9 Å². The third-order valence-corrected chi connectivity index (χ3v) is 2.37. The molecule has 92 valence electrons. The van der Waals surface area contributed by atoms with E-state index < -0.39 is 0 Å². The zero-order valence-corrected chi connectivity index (χ0v) is 10.7. The number of aromatic nitrogens is 1. The Morgan fingerprint density at radius 3 is 2.05 bits per heavy atom. The molecule has 0 saturated carbocycles. The van der Waals surface area contributed by atoms with Crippen LogP contribution in [0.5, 0.6) is 11.5 Å². The van der Waals surface area contributed by atoms with Gasteiger partial charge in [-0.05, 0) is 24.3 Å². The summed E-state index contributed by atoms with van der Waals surface area (Å²) in [6.07, 6.45) is 1.67. The zero-order chi connectivity index (χ0) is 12.8. The predicted molar refractivity (Wildman–Crippen MR) is 72.6 cm³/mol. The van der Waals surface area contributed by atoms with Crippen LogP contribution < -0.4 is 18.9 Å². The number of hydrogen-bond acceptors (Lipinski definition) is 3. The molecule has 2 N–H and O–H groups in total. The summed E-state index contributed by atoms with van der Waals surface area (Å²) in [5.74, 6) is 0.561. The van der Waals surface area contributed by atoms with Gasteiger partial charge in [0.2, 0.25) is 0 Å². The van der Waals surface area contributed by atoms with Crippen LogP contribution in [0.4, 0.5) is 0 Å². The Hall–Kier alpha value is -1.95. The fraction of sp³-hybridized carbons (Fsp3) is 0. The summed E-state index contributed by atoms with van der Waals surface area (Å²) in [5, 5.41) is 18.9. The van der Waals surface area contributed by atoms with Crippen LogP contribution in [0, 0.1) is 0 Å². The van der Waals surface area contributed by atoms with E-state index in [4.69, 9.17) is 5.11 Å². The van der Waals surface area contributed by atoms with E-state index >= 15 is 0 Å². The molecule has 0 aliphatic carbocycles. The molecule has 3 nitrogen and oxygen atoms in total. The largest absolute Gasteiger partial charge is 1.00 e. The maximum Gasteiger partial charge on any atom is 1.00 e. The molecule has 3 rings (SSSR count). The SMILES string of the molecule is Oc1cccc2cccnc12.Oc1ccccc1.[H-].[Li+]. The second-order valence-corrected chi connectivity index (χ2v) is 3.69. The van der Waals surface area contributed by atoms with Crippen molar-refractivity contribution in [2.24, 2.45) is 0 Å². The van der Waals surface area contributed by atoms with E-state index in [0.29, 0.717) is 11.3 Å². The minimum atomic E-state index is 0. The van der Waals surface area contributed by atoms with E-state index in [-0.39, 0.29) is 26.0 Å². The second-order valence-electron chi connectivity index (χ2n) is 3.69. The van der Waals surface area contributed by atoms with Gasteiger partial charge in [0.25, 0.3) is 0 Å². The number of benzene rings is 2. The molecular weight excluding hydrogens is 233 g/mol. The summed E-state index contributed by atoms with van der Waals surface area (Å²) in [5.41, 5.74) is 0.662. The van der Waals surface area contributed by atoms with E-state index in [2.05, 4.69) is 4.98 Å². The van der Waals surface area contributed by atoms with Gasteiger partial charge in [0, 0.05) is 11.6 Å². The van der Waals surface area contributed by atoms with Gasteiger partial charge in [-0.2, -0.15) is 0 Å². The average molecular weight is 247 g/mol. The van der Waals surface area contributed by atoms with E-state index in [1.54, 1.807) is 42.6 Å². The second kappa shape index (κ2) is 7.48. The van der Waals surface area contributed by atoms with Crippen molar-refractivity contribution >= 4 is 10.9 Å². The number of aromatic hydroxyl groups is 2. The summed E-state index contributed by atoms with van der Waals surface area (Å²) in [7, 11) is 0. The molecule has 0 fully saturated rings. The minimum absolute atomic E-state index is 0. The molecule has 0 amide bonds. The first kappa shape index (κ1) is 15.1. The zero-order valence-electron chi connectivity index (χ0n) is 11.7. The topological polar surface area (TPSA) is 53.4 Å². The molecule has 0 unspecified atom stereocenters. The van der Waals surface area contributed by atoms with Crippen LogP contribution in [0.2, 0.25) is 0 Å². The molecule has 19 heavy (non-hydrogen) atoms. The third kappa shape index (κ3) is 4.33. The standard InChI is InChI=1S/C9H7NO.C6H6O.Li.H/c11-8-5-1-3-7-4-2-6-10-9(7)8;7-6-4-2-1-3-5-6;;/h1-6,11H;1-5,7H;;/q;;+1;-1. The van der Waals surface area contributed by atoms with Crippen molar-refractivity contribution in [1.29, 1.82) is 0 Å². The molecule has 4 heteroatoms. The fourth-order valence-electron chi connectivity index (χ4n) is 1.52. The Bertz CT molecular complexity index is 630. The molecule has 0 radical (unpaired) electrons. The van der Waals surface area contributed by atoms with Gasteiger partial charge in [-0.25, -0.2) is 0 Å². The Balaban J connectivity index is 0.000000356. The summed E-state index contributed by atoms with van der Waals surface area (Å²) in [6.45, 7) is 0. The molecule has 0 spiro atoms. The summed E-state index contributed by atoms with van der Waals surface area (Å²) in [4.78, 5) is 4.03. The van der Waals surface area contributed by atoms with Crippen molar-refractivity contribution in [3.8, 4) is 11.5 Å². The van der Waals surface area contributed by atoms with Gasteiger partial charge in [0.05, 0.1) is 0 Å². The van der Waals surface area contributed by atoms with Gasteiger partial charge in [0.1, 0.15) is 17.0 Å². The summed E-state index contributed by atoms with van der Waals surface area (Å²) >= 11 is 0. The van der Waals surface area contributed by atoms with Crippen LogP contribution in [-0.4, -0.2) is 15.2 Å². The molecule has 0 saturated heterocycles. The number of phenols is 2. The number of pyridine rings is 1. The van der Waals surface area contributed by atoms with E-state index in [0.717, 1.165) is 5.39 Å². The van der Waals surface area contributed by atoms with Crippen molar-refractivity contribution in [1.82, 2.24) is 4.98 Å². The first-order valence-electron chi connectivity index (χ1n) is 5.54. The van der Waals surface area contributed by atoms with Gasteiger partial charge < -0.3 is 11.6 Å². The van der Waals surface area contributed by atoms with Gasteiger partial charge in [-0.3, -0.25) is 4.98 Å². The maximum atomic E-state index is 9.31. The van der Waals surface area contributed by atoms with Crippen LogP contribution in [-0.2, 0) is 0 Å². The maximum absolute atomic E-state index is 9.31. The molecule has 0 bridgehead atoms. The Morgan fingerprint density at radius 1 is 0.789 bits per heavy atom. The van der Waals surface area contributed by atoms with Crippen LogP contribution >= 0.6 is 0 Å². The first-order valence-corrected chi connectivity index (χ1v) is 5.54. The van der Waals surface area contributed by atoms with Gasteiger partial charge in [0.15, 0.2) is 0 Å². The monoisotopic (exact) mass is 247 g/mol. The van der Waals surface area contributed by atoms with Crippen LogP contribution in [0.25, 0.3) is 10.9 Å². The Labute approximate surface area is 125 Å². The van der Waals surface area contributed by atoms with Gasteiger partial charge in [-0.15, -0.1) is 0 Å². The smallest absolute Gasteiger partial charge is 1.00 e. The number of rotatable bonds is 0. The number of nitrogens with zero attached hydrogens (tertiary/aromatic N) is 1. The number of fused-ring (bicyclic) bond motifs is 1. The summed E-state index contributed by atoms with van der Waals surface area (Å²) < 4.78 is 0. The number of para-hydroxylation sites is 2. The molecular formula is C15H14LiNO2. The van der Waals surface area contributed by atoms with Crippen molar-refractivity contribution in [3.05, 3.63) is 66.9 Å². The van der Waals surface area contributed by atoms with Crippen LogP contribution in [0.15, 0.2) is 66.9 Å². The molecule has 0 aliphatic heterocycles. The third-order valence-electron chi connectivity index (χ3n) is 2.37. The molecule has 3 aromatic rings. The molecule has 1 aromatic heterocycles. The summed E-state index contributed by atoms with van der Waals surface area (Å²) in [6, 6.07) is 17.8. The minimum Gasteiger partial charge on any atom is -1.00 e. The normalized spacial score (nSPS) is 9.05. The van der Waals surface area contributed by atoms with E-state index in [1.807, 2.05) is 24.3 Å². The quantitative estimate of drug-likeness (QED) is 0.567. The van der Waals surface area contributed by atoms with Crippen molar-refractivity contribution in [2.45, 2.75) is 0 Å². The van der Waals surface area contributed by atoms with E-state index in [9.17, 15) is 5.11 Å². The number of hydrogen-bond donors (Lipinski definition) is 2. The molecule has 1 heterocycles. The van der Waals surface area contributed by atoms with Crippen LogP contribution in [0.3, 0.4) is 0 Å². The fourth-order valence-corrected chi connectivity index (χ4v) is 1.52. The Morgan fingerprint density at radius 2 is 1.47 bits per heavy atom. The van der Waals surface area contributed by atoms with Crippen LogP contribution in [0.1, 0.15) is 1.43 Å². The van der Waals surface area contributed by atoms with Crippen molar-refractivity contribution in [3.63, 3.8) is 0 Å². The average Bonchev–Trinajstić information content (AvgIpc) is 2.41. The first-order chi connectivity index (χ1) is 8.77. The molecule has 2 aromatic carbocycles. The van der Waals surface area contributed by atoms with Crippen molar-refractivity contribution < 1.29 is 30.5 Å². The van der Waals surface area contributed by atoms with Gasteiger partial charge in [-0.1, -0.05) is 36.4 Å². The number of phenolic OH excluding ortho intramolecular Hbond substituents is 2. The molecule has 0 atom stereocenters.